The van der Waals surface area contributed by atoms with Crippen LogP contribution in [-0.4, -0.2) is 34.4 Å². The third kappa shape index (κ3) is 2.20. The molecule has 0 radical (unpaired) electrons. The first-order valence-corrected chi connectivity index (χ1v) is 5.15. The summed E-state index contributed by atoms with van der Waals surface area (Å²) in [6.07, 6.45) is 0. The standard InChI is InChI=1S/C12H19NO4/c1-14-11(15-2,12(13,16-3)17-4)10-8-6-5-7-9-10/h5-9H,13H2,1-4H3. The molecule has 17 heavy (non-hydrogen) atoms. The molecule has 0 unspecified atom stereocenters. The van der Waals surface area contributed by atoms with Gasteiger partial charge in [0.05, 0.1) is 0 Å². The number of hydrogen-bond donors (Lipinski definition) is 1. The number of benzene rings is 1. The van der Waals surface area contributed by atoms with Crippen LogP contribution in [-0.2, 0) is 24.7 Å². The van der Waals surface area contributed by atoms with Crippen LogP contribution in [0.2, 0.25) is 0 Å². The van der Waals surface area contributed by atoms with Gasteiger partial charge in [-0.25, -0.2) is 0 Å². The van der Waals surface area contributed by atoms with Crippen LogP contribution < -0.4 is 5.73 Å². The molecule has 1 rings (SSSR count). The molecule has 0 bridgehead atoms. The Bertz CT molecular complexity index is 334. The molecule has 0 amide bonds. The number of nitrogens with two attached hydrogens (primary N) is 1. The summed E-state index contributed by atoms with van der Waals surface area (Å²) in [6.45, 7) is 0. The molecule has 96 valence electrons. The Morgan fingerprint density at radius 1 is 0.824 bits per heavy atom. The van der Waals surface area contributed by atoms with Crippen LogP contribution in [0, 0.1) is 0 Å². The minimum atomic E-state index is -1.54. The van der Waals surface area contributed by atoms with Crippen molar-refractivity contribution in [3.63, 3.8) is 0 Å². The van der Waals surface area contributed by atoms with Crippen molar-refractivity contribution in [1.82, 2.24) is 0 Å². The summed E-state index contributed by atoms with van der Waals surface area (Å²) in [5.74, 6) is -2.88. The van der Waals surface area contributed by atoms with Gasteiger partial charge in [0.25, 0.3) is 11.7 Å². The molecule has 0 spiro atoms. The van der Waals surface area contributed by atoms with E-state index in [0.29, 0.717) is 5.56 Å². The Labute approximate surface area is 101 Å². The summed E-state index contributed by atoms with van der Waals surface area (Å²) in [4.78, 5) is 0. The largest absolute Gasteiger partial charge is 0.344 e. The van der Waals surface area contributed by atoms with Crippen LogP contribution in [0.5, 0.6) is 0 Å². The van der Waals surface area contributed by atoms with Gasteiger partial charge in [-0.15, -0.1) is 0 Å². The second-order valence-corrected chi connectivity index (χ2v) is 3.47. The molecule has 0 saturated heterocycles. The van der Waals surface area contributed by atoms with Gasteiger partial charge in [0.1, 0.15) is 0 Å². The SMILES string of the molecule is COC(N)(OC)C(OC)(OC)c1ccccc1. The third-order valence-corrected chi connectivity index (χ3v) is 2.79. The Hall–Kier alpha value is -0.980. The zero-order valence-electron chi connectivity index (χ0n) is 10.6. The molecule has 0 saturated carbocycles. The molecule has 5 heteroatoms. The van der Waals surface area contributed by atoms with E-state index < -0.39 is 11.7 Å². The fourth-order valence-electron chi connectivity index (χ4n) is 1.81. The molecule has 0 fully saturated rings. The molecular formula is C12H19NO4. The average Bonchev–Trinajstić information content (AvgIpc) is 2.41. The minimum absolute atomic E-state index is 0.705. The summed E-state index contributed by atoms with van der Waals surface area (Å²) < 4.78 is 21.2. The topological polar surface area (TPSA) is 62.9 Å². The van der Waals surface area contributed by atoms with Crippen LogP contribution in [0.1, 0.15) is 5.56 Å². The highest BCUT2D eigenvalue weighted by Crippen LogP contribution is 2.36. The number of rotatable bonds is 6. The van der Waals surface area contributed by atoms with Gasteiger partial charge in [0, 0.05) is 34.0 Å². The molecule has 0 aromatic heterocycles. The molecule has 0 heterocycles. The van der Waals surface area contributed by atoms with Crippen molar-refractivity contribution in [1.29, 1.82) is 0 Å². The summed E-state index contributed by atoms with van der Waals surface area (Å²) in [6, 6.07) is 9.25. The van der Waals surface area contributed by atoms with Gasteiger partial charge < -0.3 is 18.9 Å². The molecule has 0 aliphatic heterocycles. The van der Waals surface area contributed by atoms with Crippen molar-refractivity contribution in [3.8, 4) is 0 Å². The van der Waals surface area contributed by atoms with Crippen molar-refractivity contribution in [2.75, 3.05) is 28.4 Å². The fraction of sp³-hybridized carbons (Fsp3) is 0.500. The maximum Gasteiger partial charge on any atom is 0.286 e. The Morgan fingerprint density at radius 2 is 1.29 bits per heavy atom. The van der Waals surface area contributed by atoms with Gasteiger partial charge in [-0.3, -0.25) is 5.73 Å². The number of hydrogen-bond acceptors (Lipinski definition) is 5. The van der Waals surface area contributed by atoms with Gasteiger partial charge in [0.2, 0.25) is 0 Å². The summed E-state index contributed by atoms with van der Waals surface area (Å²) in [5.41, 5.74) is 6.74. The normalized spacial score (nSPS) is 12.8. The van der Waals surface area contributed by atoms with E-state index in [-0.39, 0.29) is 0 Å². The monoisotopic (exact) mass is 241 g/mol. The Balaban J connectivity index is 3.32. The second kappa shape index (κ2) is 5.57. The summed E-state index contributed by atoms with van der Waals surface area (Å²) in [5, 5.41) is 0. The zero-order valence-corrected chi connectivity index (χ0v) is 10.6. The lowest BCUT2D eigenvalue weighted by Crippen LogP contribution is -2.63. The number of ether oxygens (including phenoxy) is 4. The first kappa shape index (κ1) is 14.1. The Morgan fingerprint density at radius 3 is 1.65 bits per heavy atom. The molecule has 1 aromatic carbocycles. The lowest BCUT2D eigenvalue weighted by Gasteiger charge is -2.43. The highest BCUT2D eigenvalue weighted by molar-refractivity contribution is 5.22. The predicted molar refractivity (Wildman–Crippen MR) is 63.1 cm³/mol. The maximum absolute atomic E-state index is 6.03. The first-order valence-electron chi connectivity index (χ1n) is 5.15. The lowest BCUT2D eigenvalue weighted by molar-refractivity contribution is -0.395. The van der Waals surface area contributed by atoms with Gasteiger partial charge in [-0.2, -0.15) is 0 Å². The smallest absolute Gasteiger partial charge is 0.286 e. The lowest BCUT2D eigenvalue weighted by atomic mass is 10.0. The van der Waals surface area contributed by atoms with Crippen LogP contribution in [0.15, 0.2) is 30.3 Å². The van der Waals surface area contributed by atoms with Crippen LogP contribution in [0.25, 0.3) is 0 Å². The van der Waals surface area contributed by atoms with E-state index in [1.807, 2.05) is 30.3 Å². The van der Waals surface area contributed by atoms with E-state index >= 15 is 0 Å². The first-order chi connectivity index (χ1) is 8.10. The number of methoxy groups -OCH3 is 4. The van der Waals surface area contributed by atoms with Crippen molar-refractivity contribution in [3.05, 3.63) is 35.9 Å². The second-order valence-electron chi connectivity index (χ2n) is 3.47. The van der Waals surface area contributed by atoms with E-state index in [2.05, 4.69) is 0 Å². The van der Waals surface area contributed by atoms with Crippen molar-refractivity contribution >= 4 is 0 Å². The molecule has 0 aliphatic rings. The van der Waals surface area contributed by atoms with E-state index in [0.717, 1.165) is 0 Å². The van der Waals surface area contributed by atoms with Crippen molar-refractivity contribution < 1.29 is 18.9 Å². The molecule has 0 aliphatic carbocycles. The van der Waals surface area contributed by atoms with Crippen LogP contribution >= 0.6 is 0 Å². The van der Waals surface area contributed by atoms with Crippen LogP contribution in [0.3, 0.4) is 0 Å². The Kier molecular flexibility index (Phi) is 4.62. The van der Waals surface area contributed by atoms with Crippen molar-refractivity contribution in [2.24, 2.45) is 5.73 Å². The highest BCUT2D eigenvalue weighted by atomic mass is 16.8. The predicted octanol–water partition coefficient (Wildman–Crippen LogP) is 1.04. The third-order valence-electron chi connectivity index (χ3n) is 2.79. The van der Waals surface area contributed by atoms with Gasteiger partial charge in [0.15, 0.2) is 0 Å². The highest BCUT2D eigenvalue weighted by Gasteiger charge is 2.53. The van der Waals surface area contributed by atoms with Gasteiger partial charge in [-0.1, -0.05) is 30.3 Å². The quantitative estimate of drug-likeness (QED) is 0.754. The van der Waals surface area contributed by atoms with Crippen molar-refractivity contribution in [2.45, 2.75) is 11.7 Å². The van der Waals surface area contributed by atoms with E-state index in [9.17, 15) is 0 Å². The van der Waals surface area contributed by atoms with Gasteiger partial charge >= 0.3 is 0 Å². The maximum atomic E-state index is 6.03. The van der Waals surface area contributed by atoms with E-state index in [1.165, 1.54) is 28.4 Å². The average molecular weight is 241 g/mol. The molecule has 2 N–H and O–H groups in total. The molecule has 5 nitrogen and oxygen atoms in total. The zero-order chi connectivity index (χ0) is 12.9. The fourth-order valence-corrected chi connectivity index (χ4v) is 1.81. The summed E-state index contributed by atoms with van der Waals surface area (Å²) >= 11 is 0. The van der Waals surface area contributed by atoms with Gasteiger partial charge in [-0.05, 0) is 0 Å². The molecule has 1 aromatic rings. The van der Waals surface area contributed by atoms with E-state index in [4.69, 9.17) is 24.7 Å². The summed E-state index contributed by atoms with van der Waals surface area (Å²) in [7, 11) is 5.82. The minimum Gasteiger partial charge on any atom is -0.344 e. The molecular weight excluding hydrogens is 222 g/mol. The molecule has 0 atom stereocenters. The van der Waals surface area contributed by atoms with Crippen LogP contribution in [0.4, 0.5) is 0 Å². The van der Waals surface area contributed by atoms with E-state index in [1.54, 1.807) is 0 Å².